The summed E-state index contributed by atoms with van der Waals surface area (Å²) in [5.41, 5.74) is 8.61. The molecule has 1 fully saturated rings. The molecule has 12 heteroatoms. The lowest BCUT2D eigenvalue weighted by Crippen LogP contribution is -2.40. The molecule has 2 atom stereocenters. The Kier molecular flexibility index (Phi) is 7.56. The van der Waals surface area contributed by atoms with E-state index in [1.54, 1.807) is 18.5 Å². The summed E-state index contributed by atoms with van der Waals surface area (Å²) < 4.78 is 23.8. The van der Waals surface area contributed by atoms with Gasteiger partial charge in [0.25, 0.3) is 5.91 Å². The van der Waals surface area contributed by atoms with Gasteiger partial charge >= 0.3 is 5.97 Å². The number of aromatic nitrogens is 4. The minimum atomic E-state index is -1.05. The molecule has 0 spiro atoms. The molecule has 1 aliphatic heterocycles. The fourth-order valence-corrected chi connectivity index (χ4v) is 5.58. The molecule has 0 aliphatic carbocycles. The van der Waals surface area contributed by atoms with Crippen LogP contribution in [0.2, 0.25) is 5.02 Å². The lowest BCUT2D eigenvalue weighted by Gasteiger charge is -2.23. The van der Waals surface area contributed by atoms with Crippen molar-refractivity contribution in [2.24, 2.45) is 0 Å². The molecule has 1 saturated heterocycles. The molecule has 214 valence electrons. The summed E-state index contributed by atoms with van der Waals surface area (Å²) in [5.74, 6) is -1.37. The Morgan fingerprint density at radius 2 is 2.00 bits per heavy atom. The number of rotatable bonds is 7. The Bertz CT molecular complexity index is 1660. The van der Waals surface area contributed by atoms with Crippen molar-refractivity contribution in [3.63, 3.8) is 0 Å². The van der Waals surface area contributed by atoms with Crippen LogP contribution in [0.1, 0.15) is 67.1 Å². The Morgan fingerprint density at radius 1 is 1.24 bits per heavy atom. The number of carbonyl (C=O) groups is 2. The first-order valence-corrected chi connectivity index (χ1v) is 13.6. The van der Waals surface area contributed by atoms with E-state index in [2.05, 4.69) is 9.97 Å². The molecule has 3 N–H and O–H groups in total. The Labute approximate surface area is 240 Å². The van der Waals surface area contributed by atoms with E-state index in [0.29, 0.717) is 53.4 Å². The van der Waals surface area contributed by atoms with E-state index >= 15 is 4.39 Å². The average Bonchev–Trinajstić information content (AvgIpc) is 3.56. The second-order valence-corrected chi connectivity index (χ2v) is 10.8. The molecule has 1 unspecified atom stereocenters. The van der Waals surface area contributed by atoms with Gasteiger partial charge in [-0.1, -0.05) is 24.6 Å². The minimum absolute atomic E-state index is 0.0646. The van der Waals surface area contributed by atoms with Gasteiger partial charge in [-0.15, -0.1) is 0 Å². The van der Waals surface area contributed by atoms with E-state index in [1.165, 1.54) is 23.2 Å². The van der Waals surface area contributed by atoms with Crippen molar-refractivity contribution in [3.8, 4) is 16.9 Å². The number of carboxylic acids is 1. The average molecular weight is 581 g/mol. The van der Waals surface area contributed by atoms with E-state index in [9.17, 15) is 14.7 Å². The van der Waals surface area contributed by atoms with Gasteiger partial charge in [0.2, 0.25) is 0 Å². The number of imidazole rings is 1. The number of nitrogens with zero attached hydrogens (tertiary/aromatic N) is 5. The van der Waals surface area contributed by atoms with E-state index in [1.807, 2.05) is 32.1 Å². The molecular formula is C29H30ClFN6O4. The number of benzene rings is 1. The summed E-state index contributed by atoms with van der Waals surface area (Å²) in [6.07, 6.45) is 5.40. The maximum atomic E-state index is 15.8. The van der Waals surface area contributed by atoms with Gasteiger partial charge < -0.3 is 20.5 Å². The van der Waals surface area contributed by atoms with E-state index in [-0.39, 0.29) is 28.1 Å². The van der Waals surface area contributed by atoms with Gasteiger partial charge in [-0.05, 0) is 45.7 Å². The van der Waals surface area contributed by atoms with Crippen molar-refractivity contribution in [1.82, 2.24) is 24.3 Å². The number of anilines is 1. The third-order valence-electron chi connectivity index (χ3n) is 7.26. The lowest BCUT2D eigenvalue weighted by molar-refractivity contribution is -0.141. The second-order valence-electron chi connectivity index (χ2n) is 10.4. The molecule has 1 aromatic carbocycles. The van der Waals surface area contributed by atoms with Crippen LogP contribution in [-0.2, 0) is 4.79 Å². The molecule has 41 heavy (non-hydrogen) atoms. The standard InChI is InChI=1S/C29H30ClFN6O4/c1-14(2)41-25-18(15(3)27-35-16(4)24-26(32)33-9-11-37(24)27)12-19(30)23(31)22(25)17-7-8-20(34-13-17)28(38)36-10-5-6-21(36)29(39)40/h7-9,11-15,21H,5-6,10H2,1-4H3,(H2,32,33)(H,39,40)/t15?,21-/m1/s1. The fourth-order valence-electron chi connectivity index (χ4n) is 5.37. The molecule has 4 aromatic rings. The number of halogens is 2. The molecule has 4 heterocycles. The third-order valence-corrected chi connectivity index (χ3v) is 7.54. The Balaban J connectivity index is 1.60. The molecule has 0 bridgehead atoms. The van der Waals surface area contributed by atoms with Gasteiger partial charge in [0.1, 0.15) is 34.6 Å². The highest BCUT2D eigenvalue weighted by molar-refractivity contribution is 6.31. The van der Waals surface area contributed by atoms with Gasteiger partial charge in [-0.3, -0.25) is 14.2 Å². The third kappa shape index (κ3) is 5.06. The molecular weight excluding hydrogens is 551 g/mol. The van der Waals surface area contributed by atoms with Crippen molar-refractivity contribution in [3.05, 3.63) is 70.4 Å². The van der Waals surface area contributed by atoms with Crippen LogP contribution in [0.5, 0.6) is 5.75 Å². The zero-order chi connectivity index (χ0) is 29.6. The number of pyridine rings is 1. The van der Waals surface area contributed by atoms with Crippen LogP contribution in [0.15, 0.2) is 36.8 Å². The van der Waals surface area contributed by atoms with E-state index < -0.39 is 29.7 Å². The molecule has 1 amide bonds. The van der Waals surface area contributed by atoms with E-state index in [4.69, 9.17) is 27.1 Å². The monoisotopic (exact) mass is 580 g/mol. The molecule has 10 nitrogen and oxygen atoms in total. The number of nitrogen functional groups attached to an aromatic ring is 1. The summed E-state index contributed by atoms with van der Waals surface area (Å²) in [7, 11) is 0. The highest BCUT2D eigenvalue weighted by atomic mass is 35.5. The minimum Gasteiger partial charge on any atom is -0.490 e. The van der Waals surface area contributed by atoms with Crippen molar-refractivity contribution in [2.45, 2.75) is 58.6 Å². The van der Waals surface area contributed by atoms with Gasteiger partial charge in [0, 0.05) is 42.2 Å². The van der Waals surface area contributed by atoms with Crippen molar-refractivity contribution >= 4 is 34.8 Å². The van der Waals surface area contributed by atoms with Gasteiger partial charge in [0.15, 0.2) is 5.82 Å². The quantitative estimate of drug-likeness (QED) is 0.308. The number of hydrogen-bond acceptors (Lipinski definition) is 7. The van der Waals surface area contributed by atoms with Crippen LogP contribution in [0.25, 0.3) is 16.6 Å². The molecule has 0 saturated carbocycles. The highest BCUT2D eigenvalue weighted by Crippen LogP contribution is 2.44. The SMILES string of the molecule is Cc1nc(C(C)c2cc(Cl)c(F)c(-c3ccc(C(=O)N4CCC[C@@H]4C(=O)O)nc3)c2OC(C)C)n2ccnc(N)c12. The predicted octanol–water partition coefficient (Wildman–Crippen LogP) is 5.10. The molecule has 0 radical (unpaired) electrons. The summed E-state index contributed by atoms with van der Waals surface area (Å²) in [6.45, 7) is 7.76. The smallest absolute Gasteiger partial charge is 0.326 e. The van der Waals surface area contributed by atoms with Gasteiger partial charge in [-0.2, -0.15) is 0 Å². The highest BCUT2D eigenvalue weighted by Gasteiger charge is 2.35. The maximum absolute atomic E-state index is 15.8. The summed E-state index contributed by atoms with van der Waals surface area (Å²) in [6, 6.07) is 3.66. The number of carbonyl (C=O) groups excluding carboxylic acids is 1. The lowest BCUT2D eigenvalue weighted by atomic mass is 9.93. The summed E-state index contributed by atoms with van der Waals surface area (Å²) in [5, 5.41) is 9.35. The molecule has 1 aliphatic rings. The Morgan fingerprint density at radius 3 is 2.66 bits per heavy atom. The zero-order valence-electron chi connectivity index (χ0n) is 23.1. The topological polar surface area (TPSA) is 136 Å². The number of ether oxygens (including phenoxy) is 1. The summed E-state index contributed by atoms with van der Waals surface area (Å²) >= 11 is 6.45. The molecule has 3 aromatic heterocycles. The number of amides is 1. The first-order chi connectivity index (χ1) is 19.5. The first kappa shape index (κ1) is 28.3. The summed E-state index contributed by atoms with van der Waals surface area (Å²) in [4.78, 5) is 39.1. The second kappa shape index (κ2) is 11.0. The van der Waals surface area contributed by atoms with Crippen LogP contribution < -0.4 is 10.5 Å². The van der Waals surface area contributed by atoms with Crippen LogP contribution in [-0.4, -0.2) is 59.9 Å². The predicted molar refractivity (Wildman–Crippen MR) is 152 cm³/mol. The van der Waals surface area contributed by atoms with Crippen molar-refractivity contribution in [2.75, 3.05) is 12.3 Å². The van der Waals surface area contributed by atoms with Crippen molar-refractivity contribution < 1.29 is 23.8 Å². The maximum Gasteiger partial charge on any atom is 0.326 e. The van der Waals surface area contributed by atoms with Crippen LogP contribution in [0.4, 0.5) is 10.2 Å². The van der Waals surface area contributed by atoms with Crippen LogP contribution in [0.3, 0.4) is 0 Å². The number of aliphatic carboxylic acids is 1. The number of aryl methyl sites for hydroxylation is 1. The number of hydrogen-bond donors (Lipinski definition) is 2. The van der Waals surface area contributed by atoms with Crippen molar-refractivity contribution in [1.29, 1.82) is 0 Å². The van der Waals surface area contributed by atoms with Crippen LogP contribution in [0, 0.1) is 12.7 Å². The largest absolute Gasteiger partial charge is 0.490 e. The fraction of sp³-hybridized carbons (Fsp3) is 0.345. The number of fused-ring (bicyclic) bond motifs is 1. The first-order valence-electron chi connectivity index (χ1n) is 13.3. The normalized spacial score (nSPS) is 16.0. The van der Waals surface area contributed by atoms with Gasteiger partial charge in [-0.25, -0.2) is 19.2 Å². The Hall–Kier alpha value is -4.25. The van der Waals surface area contributed by atoms with Crippen LogP contribution >= 0.6 is 11.6 Å². The number of nitrogens with two attached hydrogens (primary N) is 1. The van der Waals surface area contributed by atoms with E-state index in [0.717, 1.165) is 0 Å². The number of carboxylic acid groups (broad SMARTS) is 1. The van der Waals surface area contributed by atoms with Gasteiger partial charge in [0.05, 0.1) is 22.4 Å². The zero-order valence-corrected chi connectivity index (χ0v) is 23.8. The number of likely N-dealkylation sites (tertiary alicyclic amines) is 1. The molecule has 5 rings (SSSR count).